The third kappa shape index (κ3) is 4.90. The van der Waals surface area contributed by atoms with Crippen LogP contribution in [0.4, 0.5) is 5.69 Å². The molecule has 4 rings (SSSR count). The van der Waals surface area contributed by atoms with Crippen LogP contribution in [0, 0.1) is 6.92 Å². The summed E-state index contributed by atoms with van der Waals surface area (Å²) in [6, 6.07) is 14.2. The smallest absolute Gasteiger partial charge is 0.330 e. The minimum atomic E-state index is -0.313. The molecular formula is C26H30N4O4. The van der Waals surface area contributed by atoms with Crippen LogP contribution in [0.25, 0.3) is 5.69 Å². The number of piperidine rings is 1. The van der Waals surface area contributed by atoms with Crippen molar-refractivity contribution in [2.24, 2.45) is 0 Å². The van der Waals surface area contributed by atoms with Crippen LogP contribution in [0.2, 0.25) is 0 Å². The molecule has 2 heterocycles. The van der Waals surface area contributed by atoms with Gasteiger partial charge in [-0.25, -0.2) is 4.79 Å². The van der Waals surface area contributed by atoms with Crippen LogP contribution >= 0.6 is 0 Å². The number of nitrogens with one attached hydrogen (secondary N) is 2. The van der Waals surface area contributed by atoms with E-state index in [-0.39, 0.29) is 36.2 Å². The zero-order chi connectivity index (χ0) is 24.2. The van der Waals surface area contributed by atoms with E-state index >= 15 is 0 Å². The van der Waals surface area contributed by atoms with Gasteiger partial charge >= 0.3 is 5.69 Å². The first-order valence-corrected chi connectivity index (χ1v) is 11.6. The molecule has 1 saturated heterocycles. The molecule has 1 aliphatic heterocycles. The number of ether oxygens (including phenoxy) is 1. The van der Waals surface area contributed by atoms with Gasteiger partial charge in [-0.05, 0) is 76.4 Å². The fourth-order valence-electron chi connectivity index (χ4n) is 4.56. The van der Waals surface area contributed by atoms with E-state index in [1.807, 2.05) is 17.9 Å². The van der Waals surface area contributed by atoms with Crippen LogP contribution in [0.1, 0.15) is 49.2 Å². The number of benzene rings is 2. The maximum absolute atomic E-state index is 12.9. The number of H-pyrrole nitrogens is 1. The van der Waals surface area contributed by atoms with Crippen LogP contribution in [0.5, 0.6) is 5.75 Å². The number of hydrogen-bond donors (Lipinski definition) is 2. The van der Waals surface area contributed by atoms with E-state index in [1.165, 1.54) is 4.57 Å². The fourth-order valence-corrected chi connectivity index (χ4v) is 4.56. The third-order valence-electron chi connectivity index (χ3n) is 6.31. The molecule has 2 atom stereocenters. The van der Waals surface area contributed by atoms with Gasteiger partial charge in [-0.1, -0.05) is 12.1 Å². The number of rotatable bonds is 6. The zero-order valence-corrected chi connectivity index (χ0v) is 19.7. The molecule has 0 spiro atoms. The molecule has 2 unspecified atom stereocenters. The molecule has 1 aliphatic rings. The normalized spacial score (nSPS) is 17.9. The molecule has 2 aromatic carbocycles. The summed E-state index contributed by atoms with van der Waals surface area (Å²) in [6.07, 6.45) is 4.79. The van der Waals surface area contributed by atoms with Gasteiger partial charge in [0, 0.05) is 29.5 Å². The van der Waals surface area contributed by atoms with Crippen LogP contribution in [-0.2, 0) is 4.79 Å². The van der Waals surface area contributed by atoms with Crippen molar-refractivity contribution in [3.8, 4) is 11.4 Å². The van der Waals surface area contributed by atoms with Crippen LogP contribution < -0.4 is 15.7 Å². The number of aryl methyl sites for hydroxylation is 1. The molecule has 2 N–H and O–H groups in total. The molecule has 0 radical (unpaired) electrons. The van der Waals surface area contributed by atoms with Crippen LogP contribution in [0.3, 0.4) is 0 Å². The molecule has 8 nitrogen and oxygen atoms in total. The molecule has 0 saturated carbocycles. The summed E-state index contributed by atoms with van der Waals surface area (Å²) >= 11 is 0. The second kappa shape index (κ2) is 9.99. The molecule has 0 aliphatic carbocycles. The van der Waals surface area contributed by atoms with Gasteiger partial charge in [-0.3, -0.25) is 14.2 Å². The number of carbonyl (C=O) groups is 2. The number of likely N-dealkylation sites (tertiary alicyclic amines) is 1. The monoisotopic (exact) mass is 462 g/mol. The van der Waals surface area contributed by atoms with Crippen molar-refractivity contribution >= 4 is 17.5 Å². The molecule has 8 heteroatoms. The first kappa shape index (κ1) is 23.4. The van der Waals surface area contributed by atoms with Crippen molar-refractivity contribution in [2.75, 3.05) is 11.9 Å². The van der Waals surface area contributed by atoms with E-state index in [0.29, 0.717) is 22.7 Å². The van der Waals surface area contributed by atoms with Crippen LogP contribution in [0.15, 0.2) is 59.5 Å². The zero-order valence-electron chi connectivity index (χ0n) is 19.7. The lowest BCUT2D eigenvalue weighted by atomic mass is 9.97. The Morgan fingerprint density at radius 3 is 2.38 bits per heavy atom. The first-order chi connectivity index (χ1) is 16.3. The lowest BCUT2D eigenvalue weighted by Gasteiger charge is -2.38. The van der Waals surface area contributed by atoms with Crippen LogP contribution in [-0.4, -0.2) is 45.0 Å². The van der Waals surface area contributed by atoms with Gasteiger partial charge < -0.3 is 19.9 Å². The van der Waals surface area contributed by atoms with E-state index in [0.717, 1.165) is 25.0 Å². The third-order valence-corrected chi connectivity index (χ3v) is 6.31. The number of imidazole rings is 1. The molecule has 1 aromatic heterocycles. The Bertz CT molecular complexity index is 1220. The van der Waals surface area contributed by atoms with E-state index in [4.69, 9.17) is 4.74 Å². The molecular weight excluding hydrogens is 432 g/mol. The van der Waals surface area contributed by atoms with Crippen molar-refractivity contribution in [3.05, 3.63) is 76.5 Å². The first-order valence-electron chi connectivity index (χ1n) is 11.6. The highest BCUT2D eigenvalue weighted by Crippen LogP contribution is 2.24. The highest BCUT2D eigenvalue weighted by molar-refractivity contribution is 6.05. The average molecular weight is 463 g/mol. The summed E-state index contributed by atoms with van der Waals surface area (Å²) < 4.78 is 7.21. The maximum Gasteiger partial charge on any atom is 0.330 e. The van der Waals surface area contributed by atoms with Gasteiger partial charge in [0.1, 0.15) is 5.75 Å². The predicted molar refractivity (Wildman–Crippen MR) is 131 cm³/mol. The summed E-state index contributed by atoms with van der Waals surface area (Å²) in [6.45, 7) is 5.94. The summed E-state index contributed by atoms with van der Waals surface area (Å²) in [4.78, 5) is 42.3. The van der Waals surface area contributed by atoms with Crippen molar-refractivity contribution in [3.63, 3.8) is 0 Å². The van der Waals surface area contributed by atoms with Crippen molar-refractivity contribution < 1.29 is 14.3 Å². The van der Waals surface area contributed by atoms with Gasteiger partial charge in [-0.15, -0.1) is 0 Å². The lowest BCUT2D eigenvalue weighted by molar-refractivity contribution is -0.139. The molecule has 1 fully saturated rings. The molecule has 178 valence electrons. The molecule has 0 bridgehead atoms. The van der Waals surface area contributed by atoms with Gasteiger partial charge in [0.2, 0.25) is 0 Å². The Morgan fingerprint density at radius 1 is 1.06 bits per heavy atom. The van der Waals surface area contributed by atoms with E-state index in [2.05, 4.69) is 24.1 Å². The summed E-state index contributed by atoms with van der Waals surface area (Å²) in [5.41, 5.74) is 2.00. The van der Waals surface area contributed by atoms with E-state index in [9.17, 15) is 14.4 Å². The summed E-state index contributed by atoms with van der Waals surface area (Å²) in [7, 11) is 0. The predicted octanol–water partition coefficient (Wildman–Crippen LogP) is 3.89. The Kier molecular flexibility index (Phi) is 6.86. The van der Waals surface area contributed by atoms with Crippen molar-refractivity contribution in [1.82, 2.24) is 14.5 Å². The van der Waals surface area contributed by atoms with Gasteiger partial charge in [0.05, 0.1) is 11.4 Å². The highest BCUT2D eigenvalue weighted by atomic mass is 16.5. The minimum absolute atomic E-state index is 0.0200. The number of amides is 2. The molecule has 34 heavy (non-hydrogen) atoms. The van der Waals surface area contributed by atoms with E-state index < -0.39 is 0 Å². The fraction of sp³-hybridized carbons (Fsp3) is 0.346. The Balaban J connectivity index is 1.41. The SMILES string of the molecule is Cc1c[nH]c(=O)n1-c1ccccc1NC(=O)c1ccc(OCC(=O)N2C(C)CCCC2C)cc1. The number of anilines is 1. The quantitative estimate of drug-likeness (QED) is 0.581. The second-order valence-corrected chi connectivity index (χ2v) is 8.78. The minimum Gasteiger partial charge on any atom is -0.484 e. The number of carbonyl (C=O) groups excluding carboxylic acids is 2. The van der Waals surface area contributed by atoms with E-state index in [1.54, 1.807) is 48.7 Å². The second-order valence-electron chi connectivity index (χ2n) is 8.78. The molecule has 3 aromatic rings. The lowest BCUT2D eigenvalue weighted by Crippen LogP contribution is -2.49. The summed E-state index contributed by atoms with van der Waals surface area (Å²) in [5, 5.41) is 2.88. The average Bonchev–Trinajstić information content (AvgIpc) is 3.16. The Labute approximate surface area is 198 Å². The standard InChI is InChI=1S/C26H30N4O4/c1-17-7-6-8-18(2)29(17)24(31)16-34-21-13-11-20(12-14-21)25(32)28-22-9-4-5-10-23(22)30-19(3)15-27-26(30)33/h4-5,9-15,17-18H,6-8,16H2,1-3H3,(H,27,33)(H,28,32). The number of hydrogen-bond acceptors (Lipinski definition) is 4. The number of nitrogens with zero attached hydrogens (tertiary/aromatic N) is 2. The van der Waals surface area contributed by atoms with Gasteiger partial charge in [0.25, 0.3) is 11.8 Å². The Morgan fingerprint density at radius 2 is 1.74 bits per heavy atom. The Hall–Kier alpha value is -3.81. The topological polar surface area (TPSA) is 96.4 Å². The molecule has 2 amide bonds. The highest BCUT2D eigenvalue weighted by Gasteiger charge is 2.29. The maximum atomic E-state index is 12.9. The number of para-hydroxylation sites is 2. The van der Waals surface area contributed by atoms with Gasteiger partial charge in [0.15, 0.2) is 6.61 Å². The summed E-state index contributed by atoms with van der Waals surface area (Å²) in [5.74, 6) is 0.192. The van der Waals surface area contributed by atoms with Crippen molar-refractivity contribution in [1.29, 1.82) is 0 Å². The van der Waals surface area contributed by atoms with Gasteiger partial charge in [-0.2, -0.15) is 0 Å². The number of aromatic nitrogens is 2. The largest absolute Gasteiger partial charge is 0.484 e. The number of aromatic amines is 1. The van der Waals surface area contributed by atoms with Crippen molar-refractivity contribution in [2.45, 2.75) is 52.1 Å².